The molecular formula is C12H17ClN2O2. The molecule has 0 aliphatic rings. The number of ether oxygens (including phenoxy) is 1. The molecule has 0 bridgehead atoms. The van der Waals surface area contributed by atoms with Crippen LogP contribution in [0.2, 0.25) is 0 Å². The largest absolute Gasteiger partial charge is 0.459 e. The van der Waals surface area contributed by atoms with Gasteiger partial charge in [-0.3, -0.25) is 4.98 Å². The second-order valence-corrected chi connectivity index (χ2v) is 4.99. The number of hydrogen-bond donors (Lipinski definition) is 1. The molecule has 0 saturated heterocycles. The maximum atomic E-state index is 11.7. The summed E-state index contributed by atoms with van der Waals surface area (Å²) in [5.41, 5.74) is 6.61. The van der Waals surface area contributed by atoms with E-state index in [0.717, 1.165) is 5.69 Å². The van der Waals surface area contributed by atoms with E-state index in [2.05, 4.69) is 4.98 Å². The second kappa shape index (κ2) is 5.47. The van der Waals surface area contributed by atoms with E-state index in [-0.39, 0.29) is 0 Å². The Morgan fingerprint density at radius 3 is 2.59 bits per heavy atom. The van der Waals surface area contributed by atoms with Gasteiger partial charge in [-0.15, -0.1) is 11.6 Å². The molecule has 0 aromatic carbocycles. The first-order valence-electron chi connectivity index (χ1n) is 5.33. The summed E-state index contributed by atoms with van der Waals surface area (Å²) in [4.78, 5) is 15.8. The van der Waals surface area contributed by atoms with Crippen molar-refractivity contribution in [2.75, 3.05) is 0 Å². The first kappa shape index (κ1) is 13.9. The van der Waals surface area contributed by atoms with Crippen LogP contribution in [0.1, 0.15) is 38.1 Å². The maximum Gasteiger partial charge on any atom is 0.328 e. The number of nitrogens with two attached hydrogens (primary N) is 1. The van der Waals surface area contributed by atoms with Crippen molar-refractivity contribution in [3.05, 3.63) is 29.6 Å². The van der Waals surface area contributed by atoms with Crippen LogP contribution in [-0.2, 0) is 15.4 Å². The number of hydrogen-bond acceptors (Lipinski definition) is 4. The van der Waals surface area contributed by atoms with Crippen LogP contribution in [0.5, 0.6) is 0 Å². The SMILES string of the molecule is CC(C)(C)OC(=O)C(N)c1ccc(CCl)nc1. The highest BCUT2D eigenvalue weighted by molar-refractivity contribution is 6.16. The van der Waals surface area contributed by atoms with Gasteiger partial charge in [0.25, 0.3) is 0 Å². The van der Waals surface area contributed by atoms with Crippen molar-refractivity contribution in [2.24, 2.45) is 5.73 Å². The van der Waals surface area contributed by atoms with Gasteiger partial charge < -0.3 is 10.5 Å². The first-order chi connectivity index (χ1) is 7.83. The summed E-state index contributed by atoms with van der Waals surface area (Å²) in [5, 5.41) is 0. The van der Waals surface area contributed by atoms with Crippen LogP contribution >= 0.6 is 11.6 Å². The minimum atomic E-state index is -0.814. The molecular weight excluding hydrogens is 240 g/mol. The number of carbonyl (C=O) groups is 1. The smallest absolute Gasteiger partial charge is 0.328 e. The van der Waals surface area contributed by atoms with E-state index in [0.29, 0.717) is 11.4 Å². The third-order valence-electron chi connectivity index (χ3n) is 2.00. The van der Waals surface area contributed by atoms with Gasteiger partial charge in [0.05, 0.1) is 11.6 Å². The van der Waals surface area contributed by atoms with Gasteiger partial charge in [-0.25, -0.2) is 4.79 Å². The maximum absolute atomic E-state index is 11.7. The lowest BCUT2D eigenvalue weighted by molar-refractivity contribution is -0.156. The van der Waals surface area contributed by atoms with E-state index < -0.39 is 17.6 Å². The van der Waals surface area contributed by atoms with Crippen molar-refractivity contribution in [1.82, 2.24) is 4.98 Å². The number of alkyl halides is 1. The molecule has 1 unspecified atom stereocenters. The van der Waals surface area contributed by atoms with Crippen LogP contribution in [0, 0.1) is 0 Å². The highest BCUT2D eigenvalue weighted by atomic mass is 35.5. The molecule has 0 fully saturated rings. The van der Waals surface area contributed by atoms with E-state index in [1.807, 2.05) is 0 Å². The van der Waals surface area contributed by atoms with E-state index in [1.165, 1.54) is 0 Å². The molecule has 0 aliphatic carbocycles. The molecule has 1 atom stereocenters. The Hall–Kier alpha value is -1.13. The number of carbonyl (C=O) groups excluding carboxylic acids is 1. The molecule has 2 N–H and O–H groups in total. The van der Waals surface area contributed by atoms with Gasteiger partial charge in [-0.05, 0) is 32.4 Å². The molecule has 0 spiro atoms. The number of rotatable bonds is 3. The van der Waals surface area contributed by atoms with Crippen molar-refractivity contribution in [3.8, 4) is 0 Å². The fourth-order valence-corrected chi connectivity index (χ4v) is 1.36. The lowest BCUT2D eigenvalue weighted by Crippen LogP contribution is -2.31. The van der Waals surface area contributed by atoms with Gasteiger partial charge in [-0.1, -0.05) is 6.07 Å². The Morgan fingerprint density at radius 1 is 1.53 bits per heavy atom. The zero-order chi connectivity index (χ0) is 13.1. The van der Waals surface area contributed by atoms with Crippen molar-refractivity contribution in [3.63, 3.8) is 0 Å². The molecule has 0 radical (unpaired) electrons. The van der Waals surface area contributed by atoms with Crippen LogP contribution in [0.4, 0.5) is 0 Å². The summed E-state index contributed by atoms with van der Waals surface area (Å²) < 4.78 is 5.19. The van der Waals surface area contributed by atoms with Crippen LogP contribution in [0.25, 0.3) is 0 Å². The number of halogens is 1. The minimum absolute atomic E-state index is 0.335. The Bertz CT molecular complexity index is 384. The average Bonchev–Trinajstić information content (AvgIpc) is 2.26. The second-order valence-electron chi connectivity index (χ2n) is 4.73. The highest BCUT2D eigenvalue weighted by Crippen LogP contribution is 2.16. The van der Waals surface area contributed by atoms with E-state index in [1.54, 1.807) is 39.1 Å². The lowest BCUT2D eigenvalue weighted by atomic mass is 10.1. The number of aromatic nitrogens is 1. The van der Waals surface area contributed by atoms with E-state index >= 15 is 0 Å². The zero-order valence-corrected chi connectivity index (χ0v) is 11.0. The predicted octanol–water partition coefficient (Wildman–Crippen LogP) is 2.16. The van der Waals surface area contributed by atoms with Crippen molar-refractivity contribution in [1.29, 1.82) is 0 Å². The number of pyridine rings is 1. The molecule has 0 aliphatic heterocycles. The van der Waals surface area contributed by atoms with Gasteiger partial charge in [0.15, 0.2) is 0 Å². The van der Waals surface area contributed by atoms with Crippen LogP contribution in [0.3, 0.4) is 0 Å². The summed E-state index contributed by atoms with van der Waals surface area (Å²) in [6.45, 7) is 5.39. The molecule has 0 amide bonds. The van der Waals surface area contributed by atoms with Gasteiger partial charge >= 0.3 is 5.97 Å². The number of nitrogens with zero attached hydrogens (tertiary/aromatic N) is 1. The molecule has 17 heavy (non-hydrogen) atoms. The third-order valence-corrected chi connectivity index (χ3v) is 2.28. The Kier molecular flexibility index (Phi) is 4.48. The summed E-state index contributed by atoms with van der Waals surface area (Å²) in [5.74, 6) is -0.125. The summed E-state index contributed by atoms with van der Waals surface area (Å²) >= 11 is 5.62. The van der Waals surface area contributed by atoms with E-state index in [9.17, 15) is 4.79 Å². The normalized spacial score (nSPS) is 13.2. The molecule has 0 saturated carbocycles. The summed E-state index contributed by atoms with van der Waals surface area (Å²) in [7, 11) is 0. The average molecular weight is 257 g/mol. The van der Waals surface area contributed by atoms with Crippen LogP contribution in [0.15, 0.2) is 18.3 Å². The molecule has 1 aromatic rings. The van der Waals surface area contributed by atoms with Crippen molar-refractivity contribution < 1.29 is 9.53 Å². The zero-order valence-electron chi connectivity index (χ0n) is 10.2. The molecule has 94 valence electrons. The third kappa shape index (κ3) is 4.32. The predicted molar refractivity (Wildman–Crippen MR) is 66.6 cm³/mol. The number of esters is 1. The topological polar surface area (TPSA) is 65.2 Å². The molecule has 5 heteroatoms. The molecule has 1 aromatic heterocycles. The minimum Gasteiger partial charge on any atom is -0.459 e. The Morgan fingerprint density at radius 2 is 2.18 bits per heavy atom. The fourth-order valence-electron chi connectivity index (χ4n) is 1.20. The highest BCUT2D eigenvalue weighted by Gasteiger charge is 2.23. The molecule has 1 rings (SSSR count). The monoisotopic (exact) mass is 256 g/mol. The Labute approximate surface area is 106 Å². The van der Waals surface area contributed by atoms with Crippen LogP contribution in [-0.4, -0.2) is 16.6 Å². The summed E-state index contributed by atoms with van der Waals surface area (Å²) in [6, 6.07) is 2.66. The van der Waals surface area contributed by atoms with Crippen molar-refractivity contribution >= 4 is 17.6 Å². The van der Waals surface area contributed by atoms with E-state index in [4.69, 9.17) is 22.1 Å². The van der Waals surface area contributed by atoms with Gasteiger partial charge in [0.2, 0.25) is 0 Å². The van der Waals surface area contributed by atoms with Crippen LogP contribution < -0.4 is 5.73 Å². The van der Waals surface area contributed by atoms with Gasteiger partial charge in [-0.2, -0.15) is 0 Å². The molecule has 4 nitrogen and oxygen atoms in total. The van der Waals surface area contributed by atoms with Gasteiger partial charge in [0.1, 0.15) is 11.6 Å². The lowest BCUT2D eigenvalue weighted by Gasteiger charge is -2.22. The summed E-state index contributed by atoms with van der Waals surface area (Å²) in [6.07, 6.45) is 1.55. The Balaban J connectivity index is 2.74. The fraction of sp³-hybridized carbons (Fsp3) is 0.500. The quantitative estimate of drug-likeness (QED) is 0.665. The first-order valence-corrected chi connectivity index (χ1v) is 5.86. The van der Waals surface area contributed by atoms with Gasteiger partial charge in [0, 0.05) is 6.20 Å². The standard InChI is InChI=1S/C12H17ClN2O2/c1-12(2,3)17-11(16)10(14)8-4-5-9(6-13)15-7-8/h4-5,7,10H,6,14H2,1-3H3. The molecule has 1 heterocycles. The van der Waals surface area contributed by atoms with Crippen molar-refractivity contribution in [2.45, 2.75) is 38.3 Å².